The van der Waals surface area contributed by atoms with Crippen molar-refractivity contribution in [3.63, 3.8) is 0 Å². The van der Waals surface area contributed by atoms with Gasteiger partial charge in [-0.15, -0.1) is 0 Å². The molecule has 0 radical (unpaired) electrons. The summed E-state index contributed by atoms with van der Waals surface area (Å²) in [6.07, 6.45) is 0. The molecule has 20 heavy (non-hydrogen) atoms. The number of halogens is 2. The Hall–Kier alpha value is -1.65. The van der Waals surface area contributed by atoms with Crippen LogP contribution in [0.25, 0.3) is 0 Å². The lowest BCUT2D eigenvalue weighted by molar-refractivity contribution is 0.106. The fraction of sp³-hybridized carbons (Fsp3) is 0.0667. The summed E-state index contributed by atoms with van der Waals surface area (Å²) in [7, 11) is 0. The van der Waals surface area contributed by atoms with Crippen molar-refractivity contribution >= 4 is 43.6 Å². The zero-order valence-corrected chi connectivity index (χ0v) is 13.1. The molecule has 0 amide bonds. The van der Waals surface area contributed by atoms with Crippen molar-refractivity contribution in [1.29, 1.82) is 0 Å². The number of Topliss-reactive ketones (excluding diaryl/α,β-unsaturated/α-hetero) is 1. The third-order valence-electron chi connectivity index (χ3n) is 2.63. The predicted molar refractivity (Wildman–Crippen MR) is 86.9 cm³/mol. The van der Waals surface area contributed by atoms with Crippen LogP contribution in [0.5, 0.6) is 0 Å². The van der Waals surface area contributed by atoms with Gasteiger partial charge in [-0.25, -0.2) is 0 Å². The Morgan fingerprint density at radius 2 is 1.70 bits per heavy atom. The van der Waals surface area contributed by atoms with Gasteiger partial charge < -0.3 is 0 Å². The number of carbonyl (C=O) groups is 1. The van der Waals surface area contributed by atoms with Gasteiger partial charge in [0.2, 0.25) is 5.78 Å². The third kappa shape index (κ3) is 3.92. The molecule has 2 aromatic carbocycles. The average Bonchev–Trinajstić information content (AvgIpc) is 2.46. The Bertz CT molecular complexity index is 636. The number of nitrogens with one attached hydrogen (secondary N) is 1. The Labute approximate surface area is 130 Å². The summed E-state index contributed by atoms with van der Waals surface area (Å²) in [4.78, 5) is 12.1. The van der Waals surface area contributed by atoms with Crippen molar-refractivity contribution in [2.75, 3.05) is 5.43 Å². The maximum atomic E-state index is 12.1. The molecule has 0 saturated carbocycles. The standard InChI is InChI=1S/C15H12BrClN2O/c1-10-2-4-11(5-3-10)14(20)15(16)19-18-13-8-6-12(17)7-9-13/h2-9,18H,1H3/b19-15-. The number of hydrazone groups is 1. The molecule has 1 N–H and O–H groups in total. The zero-order valence-electron chi connectivity index (χ0n) is 10.7. The number of anilines is 1. The highest BCUT2D eigenvalue weighted by Crippen LogP contribution is 2.14. The van der Waals surface area contributed by atoms with E-state index >= 15 is 0 Å². The van der Waals surface area contributed by atoms with E-state index in [0.717, 1.165) is 11.3 Å². The number of hydrogen-bond donors (Lipinski definition) is 1. The first kappa shape index (κ1) is 14.8. The monoisotopic (exact) mass is 350 g/mol. The molecule has 2 aromatic rings. The Morgan fingerprint density at radius 1 is 1.10 bits per heavy atom. The summed E-state index contributed by atoms with van der Waals surface area (Å²) < 4.78 is 0.219. The van der Waals surface area contributed by atoms with Crippen LogP contribution in [-0.2, 0) is 0 Å². The van der Waals surface area contributed by atoms with E-state index in [2.05, 4.69) is 26.5 Å². The summed E-state index contributed by atoms with van der Waals surface area (Å²) in [6, 6.07) is 14.4. The van der Waals surface area contributed by atoms with Crippen molar-refractivity contribution in [2.24, 2.45) is 5.10 Å². The molecular formula is C15H12BrClN2O. The summed E-state index contributed by atoms with van der Waals surface area (Å²) in [5.74, 6) is -0.175. The molecule has 0 bridgehead atoms. The molecule has 0 heterocycles. The molecule has 0 aromatic heterocycles. The highest BCUT2D eigenvalue weighted by atomic mass is 79.9. The first-order valence-electron chi connectivity index (χ1n) is 5.92. The van der Waals surface area contributed by atoms with Gasteiger partial charge in [0.05, 0.1) is 5.69 Å². The number of hydrogen-bond acceptors (Lipinski definition) is 3. The molecule has 0 atom stereocenters. The summed E-state index contributed by atoms with van der Waals surface area (Å²) in [5.41, 5.74) is 5.24. The number of benzene rings is 2. The molecular weight excluding hydrogens is 340 g/mol. The van der Waals surface area contributed by atoms with E-state index in [1.165, 1.54) is 0 Å². The van der Waals surface area contributed by atoms with Crippen molar-refractivity contribution in [3.05, 3.63) is 64.7 Å². The van der Waals surface area contributed by atoms with E-state index in [1.54, 1.807) is 36.4 Å². The topological polar surface area (TPSA) is 41.5 Å². The van der Waals surface area contributed by atoms with E-state index in [4.69, 9.17) is 11.6 Å². The second-order valence-corrected chi connectivity index (χ2v) is 5.40. The lowest BCUT2D eigenvalue weighted by Gasteiger charge is -2.02. The molecule has 3 nitrogen and oxygen atoms in total. The van der Waals surface area contributed by atoms with Gasteiger partial charge in [-0.2, -0.15) is 5.10 Å². The summed E-state index contributed by atoms with van der Waals surface area (Å²) in [5, 5.41) is 4.66. The van der Waals surface area contributed by atoms with E-state index < -0.39 is 0 Å². The predicted octanol–water partition coefficient (Wildman–Crippen LogP) is 4.65. The number of nitrogens with zero attached hydrogens (tertiary/aromatic N) is 1. The first-order chi connectivity index (χ1) is 9.56. The van der Waals surface area contributed by atoms with Crippen molar-refractivity contribution in [3.8, 4) is 0 Å². The van der Waals surface area contributed by atoms with E-state index in [1.807, 2.05) is 19.1 Å². The maximum Gasteiger partial charge on any atom is 0.220 e. The van der Waals surface area contributed by atoms with Gasteiger partial charge in [-0.3, -0.25) is 10.2 Å². The lowest BCUT2D eigenvalue weighted by atomic mass is 10.1. The maximum absolute atomic E-state index is 12.1. The fourth-order valence-electron chi connectivity index (χ4n) is 1.51. The second-order valence-electron chi connectivity index (χ2n) is 4.22. The molecule has 0 saturated heterocycles. The van der Waals surface area contributed by atoms with E-state index in [9.17, 15) is 4.79 Å². The SMILES string of the molecule is Cc1ccc(C(=O)/C(Br)=N/Nc2ccc(Cl)cc2)cc1. The highest BCUT2D eigenvalue weighted by molar-refractivity contribution is 9.19. The van der Waals surface area contributed by atoms with Gasteiger partial charge in [0.15, 0.2) is 4.62 Å². The van der Waals surface area contributed by atoms with Crippen LogP contribution in [0.4, 0.5) is 5.69 Å². The van der Waals surface area contributed by atoms with Crippen LogP contribution in [0.3, 0.4) is 0 Å². The normalized spacial score (nSPS) is 11.2. The van der Waals surface area contributed by atoms with Crippen LogP contribution >= 0.6 is 27.5 Å². The van der Waals surface area contributed by atoms with Crippen LogP contribution < -0.4 is 5.43 Å². The largest absolute Gasteiger partial charge is 0.286 e. The molecule has 0 aliphatic heterocycles. The van der Waals surface area contributed by atoms with Crippen LogP contribution in [0.15, 0.2) is 53.6 Å². The van der Waals surface area contributed by atoms with Crippen LogP contribution in [0.1, 0.15) is 15.9 Å². The average molecular weight is 352 g/mol. The minimum absolute atomic E-state index is 0.175. The molecule has 0 aliphatic rings. The molecule has 0 spiro atoms. The molecule has 0 aliphatic carbocycles. The Balaban J connectivity index is 2.08. The molecule has 5 heteroatoms. The van der Waals surface area contributed by atoms with Gasteiger partial charge in [0.1, 0.15) is 0 Å². The second kappa shape index (κ2) is 6.68. The van der Waals surface area contributed by atoms with E-state index in [-0.39, 0.29) is 10.4 Å². The lowest BCUT2D eigenvalue weighted by Crippen LogP contribution is -2.09. The van der Waals surface area contributed by atoms with Gasteiger partial charge in [0, 0.05) is 10.6 Å². The van der Waals surface area contributed by atoms with Crippen LogP contribution in [-0.4, -0.2) is 10.4 Å². The van der Waals surface area contributed by atoms with Crippen LogP contribution in [0.2, 0.25) is 5.02 Å². The molecule has 2 rings (SSSR count). The summed E-state index contributed by atoms with van der Waals surface area (Å²) in [6.45, 7) is 1.97. The third-order valence-corrected chi connectivity index (χ3v) is 3.42. The van der Waals surface area contributed by atoms with Gasteiger partial charge >= 0.3 is 0 Å². The quantitative estimate of drug-likeness (QED) is 0.495. The zero-order chi connectivity index (χ0) is 14.5. The van der Waals surface area contributed by atoms with Gasteiger partial charge in [-0.1, -0.05) is 41.4 Å². The minimum Gasteiger partial charge on any atom is -0.286 e. The number of rotatable bonds is 4. The van der Waals surface area contributed by atoms with Crippen molar-refractivity contribution in [1.82, 2.24) is 0 Å². The highest BCUT2D eigenvalue weighted by Gasteiger charge is 2.10. The fourth-order valence-corrected chi connectivity index (χ4v) is 1.96. The molecule has 0 fully saturated rings. The summed E-state index contributed by atoms with van der Waals surface area (Å²) >= 11 is 8.97. The van der Waals surface area contributed by atoms with Crippen LogP contribution in [0, 0.1) is 6.92 Å². The van der Waals surface area contributed by atoms with Crippen molar-refractivity contribution in [2.45, 2.75) is 6.92 Å². The first-order valence-corrected chi connectivity index (χ1v) is 7.09. The van der Waals surface area contributed by atoms with Gasteiger partial charge in [0.25, 0.3) is 0 Å². The molecule has 102 valence electrons. The Kier molecular flexibility index (Phi) is 4.93. The Morgan fingerprint density at radius 3 is 2.30 bits per heavy atom. The smallest absolute Gasteiger partial charge is 0.220 e. The molecule has 0 unspecified atom stereocenters. The minimum atomic E-state index is -0.175. The number of carbonyl (C=O) groups excluding carboxylic acids is 1. The van der Waals surface area contributed by atoms with E-state index in [0.29, 0.717) is 10.6 Å². The van der Waals surface area contributed by atoms with Gasteiger partial charge in [-0.05, 0) is 47.1 Å². The van der Waals surface area contributed by atoms with Crippen molar-refractivity contribution < 1.29 is 4.79 Å². The number of aryl methyl sites for hydroxylation is 1. The number of ketones is 1.